The van der Waals surface area contributed by atoms with E-state index in [2.05, 4.69) is 5.32 Å². The molecule has 3 unspecified atom stereocenters. The number of nitrogens with one attached hydrogen (secondary N) is 1. The van der Waals surface area contributed by atoms with Crippen LogP contribution in [0.4, 0.5) is 0 Å². The van der Waals surface area contributed by atoms with E-state index in [4.69, 9.17) is 0 Å². The molecule has 14 heavy (non-hydrogen) atoms. The molecule has 0 aromatic rings. The lowest BCUT2D eigenvalue weighted by Gasteiger charge is -2.39. The van der Waals surface area contributed by atoms with Gasteiger partial charge in [0.25, 0.3) is 0 Å². The topological polar surface area (TPSA) is 29.1 Å². The minimum Gasteiger partial charge on any atom is -0.314 e. The zero-order valence-corrected chi connectivity index (χ0v) is 9.09. The number of fused-ring (bicyclic) bond motifs is 1. The van der Waals surface area contributed by atoms with Gasteiger partial charge in [-0.25, -0.2) is 0 Å². The second-order valence-electron chi connectivity index (χ2n) is 4.79. The zero-order chi connectivity index (χ0) is 9.97. The van der Waals surface area contributed by atoms with Gasteiger partial charge in [0, 0.05) is 18.4 Å². The van der Waals surface area contributed by atoms with E-state index in [1.807, 2.05) is 6.92 Å². The summed E-state index contributed by atoms with van der Waals surface area (Å²) in [4.78, 5) is 11.6. The van der Waals surface area contributed by atoms with Gasteiger partial charge in [0.2, 0.25) is 0 Å². The first-order valence-electron chi connectivity index (χ1n) is 6.07. The van der Waals surface area contributed by atoms with Crippen molar-refractivity contribution < 1.29 is 4.79 Å². The highest BCUT2D eigenvalue weighted by Crippen LogP contribution is 2.34. The third-order valence-corrected chi connectivity index (χ3v) is 3.94. The van der Waals surface area contributed by atoms with Crippen LogP contribution < -0.4 is 5.32 Å². The largest absolute Gasteiger partial charge is 0.314 e. The minimum atomic E-state index is 0.390. The number of ketones is 1. The van der Waals surface area contributed by atoms with Crippen molar-refractivity contribution in [2.75, 3.05) is 6.54 Å². The number of carbonyl (C=O) groups is 1. The van der Waals surface area contributed by atoms with Crippen LogP contribution in [0.5, 0.6) is 0 Å². The van der Waals surface area contributed by atoms with Gasteiger partial charge in [-0.3, -0.25) is 4.79 Å². The highest BCUT2D eigenvalue weighted by Gasteiger charge is 2.33. The summed E-state index contributed by atoms with van der Waals surface area (Å²) < 4.78 is 0. The lowest BCUT2D eigenvalue weighted by Crippen LogP contribution is -2.45. The van der Waals surface area contributed by atoms with Crippen LogP contribution in [0.15, 0.2) is 0 Å². The van der Waals surface area contributed by atoms with E-state index < -0.39 is 0 Å². The summed E-state index contributed by atoms with van der Waals surface area (Å²) in [5, 5.41) is 3.59. The van der Waals surface area contributed by atoms with Crippen LogP contribution in [0.1, 0.15) is 45.4 Å². The molecule has 80 valence electrons. The highest BCUT2D eigenvalue weighted by atomic mass is 16.1. The summed E-state index contributed by atoms with van der Waals surface area (Å²) in [5.74, 6) is 1.67. The SMILES string of the molecule is CCC(=O)C1CCC2NCCCC2C1. The van der Waals surface area contributed by atoms with Crippen LogP contribution >= 0.6 is 0 Å². The molecular weight excluding hydrogens is 174 g/mol. The zero-order valence-electron chi connectivity index (χ0n) is 9.09. The number of carbonyl (C=O) groups excluding carboxylic acids is 1. The molecule has 1 saturated carbocycles. The molecule has 1 aliphatic carbocycles. The number of hydrogen-bond acceptors (Lipinski definition) is 2. The molecule has 0 aromatic heterocycles. The summed E-state index contributed by atoms with van der Waals surface area (Å²) >= 11 is 0. The molecule has 1 aliphatic heterocycles. The molecule has 2 aliphatic rings. The van der Waals surface area contributed by atoms with Crippen molar-refractivity contribution in [3.63, 3.8) is 0 Å². The Bertz CT molecular complexity index is 214. The molecule has 3 atom stereocenters. The van der Waals surface area contributed by atoms with Crippen LogP contribution in [-0.4, -0.2) is 18.4 Å². The number of Topliss-reactive ketones (excluding diaryl/α,β-unsaturated/α-hetero) is 1. The molecule has 2 rings (SSSR count). The molecule has 0 bridgehead atoms. The Morgan fingerprint density at radius 2 is 2.21 bits per heavy atom. The van der Waals surface area contributed by atoms with Crippen molar-refractivity contribution in [1.29, 1.82) is 0 Å². The third kappa shape index (κ3) is 2.00. The molecule has 1 saturated heterocycles. The predicted molar refractivity (Wildman–Crippen MR) is 57.2 cm³/mol. The molecular formula is C12H21NO. The number of hydrogen-bond donors (Lipinski definition) is 1. The standard InChI is InChI=1S/C12H21NO/c1-2-12(14)10-5-6-11-9(8-10)4-3-7-13-11/h9-11,13H,2-8H2,1H3. The Balaban J connectivity index is 1.92. The summed E-state index contributed by atoms with van der Waals surface area (Å²) in [7, 11) is 0. The van der Waals surface area contributed by atoms with Crippen LogP contribution in [0.25, 0.3) is 0 Å². The number of rotatable bonds is 2. The first kappa shape index (κ1) is 10.2. The van der Waals surface area contributed by atoms with Crippen molar-refractivity contribution >= 4 is 5.78 Å². The molecule has 2 nitrogen and oxygen atoms in total. The molecule has 0 spiro atoms. The van der Waals surface area contributed by atoms with Gasteiger partial charge in [0.05, 0.1) is 0 Å². The fourth-order valence-electron chi connectivity index (χ4n) is 3.08. The van der Waals surface area contributed by atoms with Crippen molar-refractivity contribution in [1.82, 2.24) is 5.32 Å². The summed E-state index contributed by atoms with van der Waals surface area (Å²) in [5.41, 5.74) is 0. The fraction of sp³-hybridized carbons (Fsp3) is 0.917. The Morgan fingerprint density at radius 1 is 1.36 bits per heavy atom. The van der Waals surface area contributed by atoms with E-state index in [1.165, 1.54) is 25.8 Å². The van der Waals surface area contributed by atoms with Gasteiger partial charge in [-0.15, -0.1) is 0 Å². The molecule has 1 heterocycles. The molecule has 2 fully saturated rings. The van der Waals surface area contributed by atoms with Gasteiger partial charge in [-0.2, -0.15) is 0 Å². The fourth-order valence-corrected chi connectivity index (χ4v) is 3.08. The quantitative estimate of drug-likeness (QED) is 0.731. The van der Waals surface area contributed by atoms with Crippen molar-refractivity contribution in [3.8, 4) is 0 Å². The second kappa shape index (κ2) is 4.43. The first-order valence-corrected chi connectivity index (χ1v) is 6.07. The molecule has 0 aromatic carbocycles. The Morgan fingerprint density at radius 3 is 3.00 bits per heavy atom. The average molecular weight is 195 g/mol. The summed E-state index contributed by atoms with van der Waals surface area (Å²) in [6.45, 7) is 3.18. The predicted octanol–water partition coefficient (Wildman–Crippen LogP) is 2.13. The first-order chi connectivity index (χ1) is 6.81. The normalized spacial score (nSPS) is 37.6. The van der Waals surface area contributed by atoms with Crippen LogP contribution in [0.2, 0.25) is 0 Å². The molecule has 0 radical (unpaired) electrons. The maximum atomic E-state index is 11.6. The lowest BCUT2D eigenvalue weighted by atomic mass is 9.73. The van der Waals surface area contributed by atoms with Crippen LogP contribution in [0, 0.1) is 11.8 Å². The van der Waals surface area contributed by atoms with Crippen molar-refractivity contribution in [3.05, 3.63) is 0 Å². The van der Waals surface area contributed by atoms with E-state index in [-0.39, 0.29) is 0 Å². The van der Waals surface area contributed by atoms with Crippen LogP contribution in [-0.2, 0) is 4.79 Å². The third-order valence-electron chi connectivity index (χ3n) is 3.94. The van der Waals surface area contributed by atoms with Gasteiger partial charge in [-0.1, -0.05) is 6.92 Å². The summed E-state index contributed by atoms with van der Waals surface area (Å²) in [6.07, 6.45) is 6.88. The van der Waals surface area contributed by atoms with E-state index in [1.54, 1.807) is 0 Å². The van der Waals surface area contributed by atoms with Crippen molar-refractivity contribution in [2.24, 2.45) is 11.8 Å². The van der Waals surface area contributed by atoms with Crippen LogP contribution in [0.3, 0.4) is 0 Å². The maximum absolute atomic E-state index is 11.6. The second-order valence-corrected chi connectivity index (χ2v) is 4.79. The molecule has 1 N–H and O–H groups in total. The monoisotopic (exact) mass is 195 g/mol. The lowest BCUT2D eigenvalue weighted by molar-refractivity contribution is -0.124. The smallest absolute Gasteiger partial charge is 0.135 e. The Kier molecular flexibility index (Phi) is 3.22. The van der Waals surface area contributed by atoms with E-state index in [0.717, 1.165) is 31.2 Å². The Hall–Kier alpha value is -0.370. The highest BCUT2D eigenvalue weighted by molar-refractivity contribution is 5.80. The van der Waals surface area contributed by atoms with Gasteiger partial charge >= 0.3 is 0 Å². The maximum Gasteiger partial charge on any atom is 0.135 e. The average Bonchev–Trinajstić information content (AvgIpc) is 2.27. The van der Waals surface area contributed by atoms with E-state index in [0.29, 0.717) is 11.7 Å². The van der Waals surface area contributed by atoms with Gasteiger partial charge in [-0.05, 0) is 44.6 Å². The summed E-state index contributed by atoms with van der Waals surface area (Å²) in [6, 6.07) is 0.727. The van der Waals surface area contributed by atoms with Gasteiger partial charge in [0.15, 0.2) is 0 Å². The molecule has 2 heteroatoms. The van der Waals surface area contributed by atoms with Gasteiger partial charge in [0.1, 0.15) is 5.78 Å². The minimum absolute atomic E-state index is 0.390. The Labute approximate surface area is 86.5 Å². The van der Waals surface area contributed by atoms with Gasteiger partial charge < -0.3 is 5.32 Å². The number of piperidine rings is 1. The van der Waals surface area contributed by atoms with E-state index in [9.17, 15) is 4.79 Å². The van der Waals surface area contributed by atoms with Crippen molar-refractivity contribution in [2.45, 2.75) is 51.5 Å². The van der Waals surface area contributed by atoms with E-state index >= 15 is 0 Å². The molecule has 0 amide bonds.